The van der Waals surface area contributed by atoms with Crippen LogP contribution >= 0.6 is 0 Å². The molecule has 0 atom stereocenters. The van der Waals surface area contributed by atoms with Crippen LogP contribution in [0.15, 0.2) is 77.9 Å². The molecule has 3 aromatic rings. The SMILES string of the molecule is Cc1ccc(COc2cccc(C=NNC(=O)c3cccc(O)c3)c2)cc1. The van der Waals surface area contributed by atoms with E-state index < -0.39 is 5.91 Å². The Balaban J connectivity index is 1.57. The minimum Gasteiger partial charge on any atom is -0.508 e. The fourth-order valence-electron chi connectivity index (χ4n) is 2.41. The first-order valence-electron chi connectivity index (χ1n) is 8.51. The summed E-state index contributed by atoms with van der Waals surface area (Å²) in [7, 11) is 0. The zero-order valence-electron chi connectivity index (χ0n) is 14.9. The van der Waals surface area contributed by atoms with Gasteiger partial charge in [0, 0.05) is 5.56 Å². The quantitative estimate of drug-likeness (QED) is 0.515. The van der Waals surface area contributed by atoms with Crippen LogP contribution < -0.4 is 10.2 Å². The number of phenolic OH excluding ortho intramolecular Hbond substituents is 1. The second-order valence-electron chi connectivity index (χ2n) is 6.10. The highest BCUT2D eigenvalue weighted by Gasteiger charge is 2.04. The molecule has 5 nitrogen and oxygen atoms in total. The van der Waals surface area contributed by atoms with Crippen molar-refractivity contribution in [2.45, 2.75) is 13.5 Å². The standard InChI is InChI=1S/C22H20N2O3/c1-16-8-10-17(11-9-16)15-27-21-7-2-4-18(12-21)14-23-24-22(26)19-5-3-6-20(25)13-19/h2-14,25H,15H2,1H3,(H,24,26). The molecular formula is C22H20N2O3. The first kappa shape index (κ1) is 18.2. The van der Waals surface area contributed by atoms with E-state index >= 15 is 0 Å². The fraction of sp³-hybridized carbons (Fsp3) is 0.0909. The van der Waals surface area contributed by atoms with Gasteiger partial charge in [0.15, 0.2) is 0 Å². The predicted molar refractivity (Wildman–Crippen MR) is 105 cm³/mol. The summed E-state index contributed by atoms with van der Waals surface area (Å²) in [4.78, 5) is 12.0. The number of rotatable bonds is 6. The maximum absolute atomic E-state index is 12.0. The summed E-state index contributed by atoms with van der Waals surface area (Å²) in [5.74, 6) is 0.359. The van der Waals surface area contributed by atoms with Crippen molar-refractivity contribution in [3.63, 3.8) is 0 Å². The molecule has 5 heteroatoms. The summed E-state index contributed by atoms with van der Waals surface area (Å²) in [6.45, 7) is 2.53. The van der Waals surface area contributed by atoms with E-state index in [1.165, 1.54) is 17.7 Å². The minimum atomic E-state index is -0.395. The van der Waals surface area contributed by atoms with Crippen LogP contribution in [-0.4, -0.2) is 17.2 Å². The van der Waals surface area contributed by atoms with Crippen LogP contribution in [0.5, 0.6) is 11.5 Å². The second kappa shape index (κ2) is 8.67. The van der Waals surface area contributed by atoms with Crippen LogP contribution in [0.2, 0.25) is 0 Å². The molecule has 3 rings (SSSR count). The highest BCUT2D eigenvalue weighted by molar-refractivity contribution is 5.95. The number of amides is 1. The molecule has 0 aliphatic rings. The predicted octanol–water partition coefficient (Wildman–Crippen LogP) is 4.04. The van der Waals surface area contributed by atoms with Crippen molar-refractivity contribution >= 4 is 12.1 Å². The molecule has 136 valence electrons. The summed E-state index contributed by atoms with van der Waals surface area (Å²) >= 11 is 0. The third-order valence-electron chi connectivity index (χ3n) is 3.87. The molecule has 0 saturated carbocycles. The molecule has 0 spiro atoms. The van der Waals surface area contributed by atoms with Crippen molar-refractivity contribution in [1.82, 2.24) is 5.43 Å². The van der Waals surface area contributed by atoms with E-state index in [0.29, 0.717) is 12.2 Å². The lowest BCUT2D eigenvalue weighted by Gasteiger charge is -2.07. The van der Waals surface area contributed by atoms with E-state index in [-0.39, 0.29) is 5.75 Å². The number of carbonyl (C=O) groups is 1. The number of hydrogen-bond acceptors (Lipinski definition) is 4. The minimum absolute atomic E-state index is 0.0325. The second-order valence-corrected chi connectivity index (χ2v) is 6.10. The molecule has 0 fully saturated rings. The third kappa shape index (κ3) is 5.44. The lowest BCUT2D eigenvalue weighted by molar-refractivity contribution is 0.0954. The summed E-state index contributed by atoms with van der Waals surface area (Å²) in [5.41, 5.74) is 5.88. The Morgan fingerprint density at radius 2 is 1.85 bits per heavy atom. The Kier molecular flexibility index (Phi) is 5.84. The monoisotopic (exact) mass is 360 g/mol. The average molecular weight is 360 g/mol. The van der Waals surface area contributed by atoms with Gasteiger partial charge in [-0.1, -0.05) is 48.0 Å². The first-order chi connectivity index (χ1) is 13.1. The molecule has 0 aliphatic carbocycles. The van der Waals surface area contributed by atoms with Crippen LogP contribution in [0.1, 0.15) is 27.0 Å². The van der Waals surface area contributed by atoms with E-state index in [9.17, 15) is 9.90 Å². The molecule has 0 aromatic heterocycles. The molecule has 0 heterocycles. The Bertz CT molecular complexity index is 950. The number of ether oxygens (including phenoxy) is 1. The Morgan fingerprint density at radius 3 is 2.63 bits per heavy atom. The van der Waals surface area contributed by atoms with Gasteiger partial charge in [-0.3, -0.25) is 4.79 Å². The van der Waals surface area contributed by atoms with Gasteiger partial charge < -0.3 is 9.84 Å². The third-order valence-corrected chi connectivity index (χ3v) is 3.87. The number of carbonyl (C=O) groups excluding carboxylic acids is 1. The Hall–Kier alpha value is -3.60. The molecule has 0 saturated heterocycles. The van der Waals surface area contributed by atoms with Crippen LogP contribution in [-0.2, 0) is 6.61 Å². The van der Waals surface area contributed by atoms with Crippen molar-refractivity contribution < 1.29 is 14.6 Å². The number of aryl methyl sites for hydroxylation is 1. The van der Waals surface area contributed by atoms with E-state index in [0.717, 1.165) is 16.9 Å². The summed E-state index contributed by atoms with van der Waals surface area (Å²) in [6.07, 6.45) is 1.54. The maximum atomic E-state index is 12.0. The van der Waals surface area contributed by atoms with Crippen LogP contribution in [0.25, 0.3) is 0 Å². The summed E-state index contributed by atoms with van der Waals surface area (Å²) < 4.78 is 5.81. The van der Waals surface area contributed by atoms with Crippen molar-refractivity contribution in [3.8, 4) is 11.5 Å². The molecule has 0 radical (unpaired) electrons. The molecule has 1 amide bonds. The van der Waals surface area contributed by atoms with Gasteiger partial charge in [0.1, 0.15) is 18.1 Å². The maximum Gasteiger partial charge on any atom is 0.271 e. The summed E-state index contributed by atoms with van der Waals surface area (Å²) in [6, 6.07) is 21.7. The first-order valence-corrected chi connectivity index (χ1v) is 8.51. The largest absolute Gasteiger partial charge is 0.508 e. The van der Waals surface area contributed by atoms with Crippen LogP contribution in [0.3, 0.4) is 0 Å². The van der Waals surface area contributed by atoms with Gasteiger partial charge in [-0.15, -0.1) is 0 Å². The number of hydrazone groups is 1. The van der Waals surface area contributed by atoms with Crippen molar-refractivity contribution in [3.05, 3.63) is 95.1 Å². The Labute approximate surface area is 157 Å². The number of nitrogens with zero attached hydrogens (tertiary/aromatic N) is 1. The van der Waals surface area contributed by atoms with Crippen molar-refractivity contribution in [1.29, 1.82) is 0 Å². The molecule has 2 N–H and O–H groups in total. The van der Waals surface area contributed by atoms with E-state index in [1.807, 2.05) is 43.3 Å². The zero-order valence-corrected chi connectivity index (χ0v) is 14.9. The summed E-state index contributed by atoms with van der Waals surface area (Å²) in [5, 5.41) is 13.4. The van der Waals surface area contributed by atoms with Gasteiger partial charge in [0.25, 0.3) is 5.91 Å². The van der Waals surface area contributed by atoms with Crippen molar-refractivity contribution in [2.75, 3.05) is 0 Å². The van der Waals surface area contributed by atoms with Crippen LogP contribution in [0, 0.1) is 6.92 Å². The lowest BCUT2D eigenvalue weighted by atomic mass is 10.2. The van der Waals surface area contributed by atoms with Gasteiger partial charge >= 0.3 is 0 Å². The van der Waals surface area contributed by atoms with Crippen molar-refractivity contribution in [2.24, 2.45) is 5.10 Å². The number of phenols is 1. The van der Waals surface area contributed by atoms with E-state index in [4.69, 9.17) is 4.74 Å². The molecule has 0 unspecified atom stereocenters. The van der Waals surface area contributed by atoms with Gasteiger partial charge in [0.05, 0.1) is 6.21 Å². The molecule has 0 bridgehead atoms. The fourth-order valence-corrected chi connectivity index (χ4v) is 2.41. The smallest absolute Gasteiger partial charge is 0.271 e. The number of aromatic hydroxyl groups is 1. The highest BCUT2D eigenvalue weighted by Crippen LogP contribution is 2.15. The number of hydrogen-bond donors (Lipinski definition) is 2. The molecule has 3 aromatic carbocycles. The highest BCUT2D eigenvalue weighted by atomic mass is 16.5. The number of benzene rings is 3. The lowest BCUT2D eigenvalue weighted by Crippen LogP contribution is -2.17. The Morgan fingerprint density at radius 1 is 1.07 bits per heavy atom. The van der Waals surface area contributed by atoms with Gasteiger partial charge in [-0.25, -0.2) is 5.43 Å². The number of nitrogens with one attached hydrogen (secondary N) is 1. The van der Waals surface area contributed by atoms with Gasteiger partial charge in [0.2, 0.25) is 0 Å². The topological polar surface area (TPSA) is 70.9 Å². The van der Waals surface area contributed by atoms with Crippen LogP contribution in [0.4, 0.5) is 0 Å². The van der Waals surface area contributed by atoms with Gasteiger partial charge in [-0.05, 0) is 48.4 Å². The average Bonchev–Trinajstić information content (AvgIpc) is 2.68. The van der Waals surface area contributed by atoms with E-state index in [1.54, 1.807) is 18.3 Å². The van der Waals surface area contributed by atoms with E-state index in [2.05, 4.69) is 22.7 Å². The zero-order chi connectivity index (χ0) is 19.1. The molecule has 27 heavy (non-hydrogen) atoms. The normalized spacial score (nSPS) is 10.7. The molecule has 0 aliphatic heterocycles. The molecular weight excluding hydrogens is 340 g/mol. The van der Waals surface area contributed by atoms with Gasteiger partial charge in [-0.2, -0.15) is 5.10 Å².